The molecule has 0 fully saturated rings. The molecule has 0 atom stereocenters. The molecule has 7 aromatic carbocycles. The molecule has 4 heteroatoms. The quantitative estimate of drug-likeness (QED) is 0.182. The van der Waals surface area contributed by atoms with Crippen molar-refractivity contribution in [2.45, 2.75) is 19.3 Å². The fraction of sp³-hybridized carbons (Fsp3) is 0.0682. The van der Waals surface area contributed by atoms with Crippen molar-refractivity contribution in [2.24, 2.45) is 0 Å². The molecule has 1 aliphatic rings. The first kappa shape index (κ1) is 27.4. The van der Waals surface area contributed by atoms with E-state index >= 15 is 0 Å². The lowest BCUT2D eigenvalue weighted by Gasteiger charge is -2.21. The van der Waals surface area contributed by atoms with E-state index in [0.29, 0.717) is 17.5 Å². The first-order valence-corrected chi connectivity index (χ1v) is 17.2. The molecule has 0 saturated carbocycles. The molecule has 0 unspecified atom stereocenters. The Morgan fingerprint density at radius 1 is 0.438 bits per heavy atom. The summed E-state index contributed by atoms with van der Waals surface area (Å²) in [6.45, 7) is 4.63. The van der Waals surface area contributed by atoms with Gasteiger partial charge >= 0.3 is 0 Å². The van der Waals surface area contributed by atoms with E-state index in [1.807, 2.05) is 11.3 Å². The van der Waals surface area contributed by atoms with Crippen LogP contribution in [0.5, 0.6) is 0 Å². The standard InChI is InChI=1S/C44H29N3S/c1-44(2)36-16-7-5-13-31(36)32-22-20-28(24-37(32)44)41-45-42(29-21-23-34-33-14-6-8-17-38(33)48-39(34)25-29)47-43(46-41)35-15-9-11-27-19-18-26-10-3-4-12-30(26)40(27)35/h3-25H,1-2H3. The van der Waals surface area contributed by atoms with Crippen molar-refractivity contribution in [1.29, 1.82) is 0 Å². The van der Waals surface area contributed by atoms with Gasteiger partial charge in [0.1, 0.15) is 0 Å². The highest BCUT2D eigenvalue weighted by Gasteiger charge is 2.35. The highest BCUT2D eigenvalue weighted by molar-refractivity contribution is 7.25. The Morgan fingerprint density at radius 3 is 1.96 bits per heavy atom. The monoisotopic (exact) mass is 631 g/mol. The third-order valence-corrected chi connectivity index (χ3v) is 11.3. The summed E-state index contributed by atoms with van der Waals surface area (Å²) in [6, 6.07) is 50.1. The van der Waals surface area contributed by atoms with Crippen LogP contribution in [-0.2, 0) is 5.41 Å². The van der Waals surface area contributed by atoms with E-state index in [0.717, 1.165) is 22.1 Å². The topological polar surface area (TPSA) is 38.7 Å². The predicted molar refractivity (Wildman–Crippen MR) is 202 cm³/mol. The van der Waals surface area contributed by atoms with Crippen LogP contribution in [0.4, 0.5) is 0 Å². The zero-order valence-electron chi connectivity index (χ0n) is 26.5. The first-order valence-electron chi connectivity index (χ1n) is 16.4. The smallest absolute Gasteiger partial charge is 0.164 e. The van der Waals surface area contributed by atoms with Gasteiger partial charge < -0.3 is 0 Å². The van der Waals surface area contributed by atoms with Crippen LogP contribution in [0.25, 0.3) is 87.0 Å². The number of nitrogens with zero attached hydrogens (tertiary/aromatic N) is 3. The van der Waals surface area contributed by atoms with Crippen LogP contribution >= 0.6 is 11.3 Å². The number of benzene rings is 7. The molecule has 48 heavy (non-hydrogen) atoms. The highest BCUT2D eigenvalue weighted by atomic mass is 32.1. The normalized spacial score (nSPS) is 13.4. The minimum atomic E-state index is -0.124. The molecule has 0 N–H and O–H groups in total. The number of hydrogen-bond acceptors (Lipinski definition) is 4. The molecule has 2 heterocycles. The summed E-state index contributed by atoms with van der Waals surface area (Å²) in [5, 5.41) is 7.25. The van der Waals surface area contributed by atoms with Crippen LogP contribution in [0.15, 0.2) is 140 Å². The summed E-state index contributed by atoms with van der Waals surface area (Å²) in [6.07, 6.45) is 0. The number of rotatable bonds is 3. The van der Waals surface area contributed by atoms with Gasteiger partial charge in [-0.1, -0.05) is 135 Å². The fourth-order valence-corrected chi connectivity index (χ4v) is 8.85. The van der Waals surface area contributed by atoms with E-state index in [1.165, 1.54) is 58.6 Å². The number of aromatic nitrogens is 3. The largest absolute Gasteiger partial charge is 0.208 e. The van der Waals surface area contributed by atoms with Crippen LogP contribution in [0, 0.1) is 0 Å². The molecule has 0 spiro atoms. The fourth-order valence-electron chi connectivity index (χ4n) is 7.71. The molecule has 0 amide bonds. The van der Waals surface area contributed by atoms with Crippen molar-refractivity contribution in [1.82, 2.24) is 15.0 Å². The van der Waals surface area contributed by atoms with Gasteiger partial charge in [0.2, 0.25) is 0 Å². The second-order valence-electron chi connectivity index (χ2n) is 13.2. The van der Waals surface area contributed by atoms with Crippen molar-refractivity contribution >= 4 is 53.1 Å². The summed E-state index contributed by atoms with van der Waals surface area (Å²) in [7, 11) is 0. The molecule has 3 nitrogen and oxygen atoms in total. The number of thiophene rings is 1. The van der Waals surface area contributed by atoms with Crippen molar-refractivity contribution in [2.75, 3.05) is 0 Å². The summed E-state index contributed by atoms with van der Waals surface area (Å²) in [5.41, 5.74) is 8.10. The summed E-state index contributed by atoms with van der Waals surface area (Å²) in [4.78, 5) is 15.7. The number of fused-ring (bicyclic) bond motifs is 9. The molecular formula is C44H29N3S. The van der Waals surface area contributed by atoms with Crippen LogP contribution < -0.4 is 0 Å². The zero-order valence-corrected chi connectivity index (χ0v) is 27.3. The second kappa shape index (κ2) is 10.1. The molecule has 0 bridgehead atoms. The van der Waals surface area contributed by atoms with Gasteiger partial charge in [-0.2, -0.15) is 0 Å². The highest BCUT2D eigenvalue weighted by Crippen LogP contribution is 2.49. The molecule has 10 rings (SSSR count). The van der Waals surface area contributed by atoms with Gasteiger partial charge in [-0.3, -0.25) is 0 Å². The molecular weight excluding hydrogens is 603 g/mol. The predicted octanol–water partition coefficient (Wildman–Crippen LogP) is 11.9. The zero-order chi connectivity index (χ0) is 32.0. The van der Waals surface area contributed by atoms with Crippen molar-refractivity contribution in [3.63, 3.8) is 0 Å². The summed E-state index contributed by atoms with van der Waals surface area (Å²) < 4.78 is 2.51. The molecule has 226 valence electrons. The van der Waals surface area contributed by atoms with Gasteiger partial charge in [0.25, 0.3) is 0 Å². The van der Waals surface area contributed by atoms with E-state index in [4.69, 9.17) is 15.0 Å². The van der Waals surface area contributed by atoms with Gasteiger partial charge in [0.15, 0.2) is 17.5 Å². The molecule has 0 saturated heterocycles. The van der Waals surface area contributed by atoms with Gasteiger partial charge in [-0.15, -0.1) is 11.3 Å². The lowest BCUT2D eigenvalue weighted by atomic mass is 9.82. The van der Waals surface area contributed by atoms with Crippen molar-refractivity contribution in [3.8, 4) is 45.3 Å². The van der Waals surface area contributed by atoms with Crippen molar-refractivity contribution < 1.29 is 0 Å². The summed E-state index contributed by atoms with van der Waals surface area (Å²) >= 11 is 1.81. The lowest BCUT2D eigenvalue weighted by Crippen LogP contribution is -2.15. The Balaban J connectivity index is 1.22. The van der Waals surface area contributed by atoms with E-state index in [1.54, 1.807) is 0 Å². The Hall–Kier alpha value is -5.71. The molecule has 9 aromatic rings. The lowest BCUT2D eigenvalue weighted by molar-refractivity contribution is 0.660. The maximum absolute atomic E-state index is 5.26. The first-order chi connectivity index (χ1) is 23.5. The van der Waals surface area contributed by atoms with Crippen molar-refractivity contribution in [3.05, 3.63) is 151 Å². The SMILES string of the molecule is CC1(C)c2ccccc2-c2ccc(-c3nc(-c4ccc5c(c4)sc4ccccc45)nc(-c4cccc5ccc6ccccc6c45)n3)cc21. The van der Waals surface area contributed by atoms with Crippen LogP contribution in [0.2, 0.25) is 0 Å². The third-order valence-electron chi connectivity index (χ3n) is 10.1. The van der Waals surface area contributed by atoms with Crippen LogP contribution in [0.3, 0.4) is 0 Å². The van der Waals surface area contributed by atoms with Gasteiger partial charge in [-0.25, -0.2) is 15.0 Å². The molecule has 0 radical (unpaired) electrons. The van der Waals surface area contributed by atoms with Crippen LogP contribution in [-0.4, -0.2) is 15.0 Å². The number of hydrogen-bond donors (Lipinski definition) is 0. The molecule has 2 aromatic heterocycles. The molecule has 0 aliphatic heterocycles. The Bertz CT molecular complexity index is 2770. The Kier molecular flexibility index (Phi) is 5.79. The Morgan fingerprint density at radius 2 is 1.06 bits per heavy atom. The third kappa shape index (κ3) is 4.03. The van der Waals surface area contributed by atoms with E-state index in [9.17, 15) is 0 Å². The average Bonchev–Trinajstić information content (AvgIpc) is 3.62. The Labute approximate surface area is 282 Å². The van der Waals surface area contributed by atoms with Gasteiger partial charge in [-0.05, 0) is 56.6 Å². The summed E-state index contributed by atoms with van der Waals surface area (Å²) in [5.74, 6) is 2.03. The van der Waals surface area contributed by atoms with Gasteiger partial charge in [0.05, 0.1) is 0 Å². The second-order valence-corrected chi connectivity index (χ2v) is 14.3. The van der Waals surface area contributed by atoms with E-state index in [2.05, 4.69) is 153 Å². The van der Waals surface area contributed by atoms with Crippen LogP contribution in [0.1, 0.15) is 25.0 Å². The van der Waals surface area contributed by atoms with Gasteiger partial charge in [0, 0.05) is 47.7 Å². The maximum Gasteiger partial charge on any atom is 0.164 e. The average molecular weight is 632 g/mol. The van der Waals surface area contributed by atoms with E-state index < -0.39 is 0 Å². The molecule has 1 aliphatic carbocycles. The van der Waals surface area contributed by atoms with E-state index in [-0.39, 0.29) is 5.41 Å². The minimum Gasteiger partial charge on any atom is -0.208 e. The maximum atomic E-state index is 5.26. The minimum absolute atomic E-state index is 0.124.